The molecule has 6 heteroatoms. The number of anilines is 1. The minimum Gasteiger partial charge on any atom is -0.384 e. The van der Waals surface area contributed by atoms with E-state index in [0.717, 1.165) is 5.75 Å². The van der Waals surface area contributed by atoms with Crippen molar-refractivity contribution in [3.63, 3.8) is 0 Å². The highest BCUT2D eigenvalue weighted by Crippen LogP contribution is 2.27. The zero-order valence-electron chi connectivity index (χ0n) is 10.2. The summed E-state index contributed by atoms with van der Waals surface area (Å²) in [6, 6.07) is 1.97. The number of hydrogen-bond donors (Lipinski definition) is 2. The Labute approximate surface area is 111 Å². The summed E-state index contributed by atoms with van der Waals surface area (Å²) >= 11 is 7.98. The third-order valence-electron chi connectivity index (χ3n) is 2.56. The van der Waals surface area contributed by atoms with Crippen molar-refractivity contribution in [3.8, 4) is 0 Å². The average molecular weight is 273 g/mol. The molecule has 0 saturated heterocycles. The summed E-state index contributed by atoms with van der Waals surface area (Å²) in [6.07, 6.45) is 3.69. The van der Waals surface area contributed by atoms with Gasteiger partial charge in [-0.25, -0.2) is 4.98 Å². The Morgan fingerprint density at radius 1 is 1.71 bits per heavy atom. The van der Waals surface area contributed by atoms with Crippen LogP contribution in [0.1, 0.15) is 12.5 Å². The van der Waals surface area contributed by atoms with E-state index in [0.29, 0.717) is 22.4 Å². The van der Waals surface area contributed by atoms with Crippen molar-refractivity contribution in [2.45, 2.75) is 13.0 Å². The summed E-state index contributed by atoms with van der Waals surface area (Å²) in [4.78, 5) is 6.26. The molecular formula is C11H17ClN4S. The molecule has 1 unspecified atom stereocenters. The van der Waals surface area contributed by atoms with Crippen molar-refractivity contribution in [1.29, 1.82) is 5.41 Å². The topological polar surface area (TPSA) is 66.0 Å². The lowest BCUT2D eigenvalue weighted by atomic mass is 10.2. The first-order valence-corrected chi connectivity index (χ1v) is 6.96. The molecule has 1 heterocycles. The van der Waals surface area contributed by atoms with E-state index in [-0.39, 0.29) is 5.84 Å². The normalized spacial score (nSPS) is 12.2. The van der Waals surface area contributed by atoms with E-state index in [9.17, 15) is 0 Å². The van der Waals surface area contributed by atoms with Gasteiger partial charge < -0.3 is 10.6 Å². The highest BCUT2D eigenvalue weighted by atomic mass is 35.5. The lowest BCUT2D eigenvalue weighted by Gasteiger charge is -2.26. The Kier molecular flexibility index (Phi) is 5.08. The van der Waals surface area contributed by atoms with Crippen molar-refractivity contribution < 1.29 is 0 Å². The van der Waals surface area contributed by atoms with E-state index in [1.165, 1.54) is 0 Å². The first-order valence-electron chi connectivity index (χ1n) is 5.19. The molecule has 1 rings (SSSR count). The van der Waals surface area contributed by atoms with Crippen LogP contribution < -0.4 is 10.6 Å². The van der Waals surface area contributed by atoms with Crippen LogP contribution in [0.2, 0.25) is 5.02 Å². The molecule has 0 aliphatic rings. The van der Waals surface area contributed by atoms with Crippen LogP contribution in [-0.2, 0) is 0 Å². The van der Waals surface area contributed by atoms with Crippen molar-refractivity contribution in [1.82, 2.24) is 4.98 Å². The fourth-order valence-corrected chi connectivity index (χ4v) is 2.50. The molecule has 0 spiro atoms. The zero-order chi connectivity index (χ0) is 13.0. The fourth-order valence-electron chi connectivity index (χ4n) is 1.45. The molecule has 0 saturated carbocycles. The maximum absolute atomic E-state index is 7.45. The average Bonchev–Trinajstić information content (AvgIpc) is 2.28. The number of hydrogen-bond acceptors (Lipinski definition) is 4. The van der Waals surface area contributed by atoms with Gasteiger partial charge in [-0.2, -0.15) is 11.8 Å². The molecule has 0 radical (unpaired) electrons. The molecule has 0 bridgehead atoms. The molecule has 0 fully saturated rings. The van der Waals surface area contributed by atoms with Gasteiger partial charge in [0.05, 0.1) is 5.02 Å². The van der Waals surface area contributed by atoms with Crippen LogP contribution in [0, 0.1) is 5.41 Å². The Hall–Kier alpha value is -0.940. The van der Waals surface area contributed by atoms with Crippen LogP contribution in [0.3, 0.4) is 0 Å². The smallest absolute Gasteiger partial charge is 0.148 e. The number of aromatic nitrogens is 1. The summed E-state index contributed by atoms with van der Waals surface area (Å²) in [5.41, 5.74) is 5.99. The number of nitrogens with two attached hydrogens (primary N) is 1. The Bertz CT molecular complexity index is 410. The zero-order valence-corrected chi connectivity index (χ0v) is 11.8. The van der Waals surface area contributed by atoms with E-state index in [2.05, 4.69) is 18.2 Å². The SMILES string of the molecule is CSCC(C)N(C)c1nccc(C(=N)N)c1Cl. The van der Waals surface area contributed by atoms with E-state index in [4.69, 9.17) is 22.7 Å². The number of nitrogens with one attached hydrogen (secondary N) is 1. The molecule has 4 nitrogen and oxygen atoms in total. The number of amidine groups is 1. The standard InChI is InChI=1S/C11H17ClN4S/c1-7(6-17-3)16(2)11-9(12)8(10(13)14)4-5-15-11/h4-5,7H,6H2,1-3H3,(H3,13,14). The molecule has 0 amide bonds. The summed E-state index contributed by atoms with van der Waals surface area (Å²) in [5, 5.41) is 7.89. The number of pyridine rings is 1. The van der Waals surface area contributed by atoms with Gasteiger partial charge in [-0.15, -0.1) is 0 Å². The van der Waals surface area contributed by atoms with Gasteiger partial charge in [-0.1, -0.05) is 11.6 Å². The van der Waals surface area contributed by atoms with Crippen LogP contribution in [0.15, 0.2) is 12.3 Å². The van der Waals surface area contributed by atoms with Gasteiger partial charge in [0.25, 0.3) is 0 Å². The number of thioether (sulfide) groups is 1. The summed E-state index contributed by atoms with van der Waals surface area (Å²) in [7, 11) is 1.94. The molecule has 94 valence electrons. The fraction of sp³-hybridized carbons (Fsp3) is 0.455. The van der Waals surface area contributed by atoms with Crippen LogP contribution >= 0.6 is 23.4 Å². The highest BCUT2D eigenvalue weighted by molar-refractivity contribution is 7.98. The van der Waals surface area contributed by atoms with Crippen LogP contribution in [-0.4, -0.2) is 35.9 Å². The Morgan fingerprint density at radius 3 is 2.88 bits per heavy atom. The molecule has 0 aliphatic heterocycles. The van der Waals surface area contributed by atoms with Crippen molar-refractivity contribution >= 4 is 35.0 Å². The van der Waals surface area contributed by atoms with Crippen molar-refractivity contribution in [2.24, 2.45) is 5.73 Å². The second-order valence-electron chi connectivity index (χ2n) is 3.83. The molecule has 1 atom stereocenters. The summed E-state index contributed by atoms with van der Waals surface area (Å²) in [5.74, 6) is 1.62. The van der Waals surface area contributed by atoms with Gasteiger partial charge in [-0.05, 0) is 19.2 Å². The van der Waals surface area contributed by atoms with Gasteiger partial charge in [0.15, 0.2) is 0 Å². The quantitative estimate of drug-likeness (QED) is 0.637. The summed E-state index contributed by atoms with van der Waals surface area (Å²) in [6.45, 7) is 2.11. The molecule has 0 aromatic carbocycles. The maximum Gasteiger partial charge on any atom is 0.148 e. The monoisotopic (exact) mass is 272 g/mol. The second kappa shape index (κ2) is 6.12. The Morgan fingerprint density at radius 2 is 2.35 bits per heavy atom. The van der Waals surface area contributed by atoms with Crippen LogP contribution in [0.4, 0.5) is 5.82 Å². The van der Waals surface area contributed by atoms with Crippen molar-refractivity contribution in [3.05, 3.63) is 22.8 Å². The van der Waals surface area contributed by atoms with Gasteiger partial charge in [0, 0.05) is 30.6 Å². The first kappa shape index (κ1) is 14.1. The van der Waals surface area contributed by atoms with E-state index in [1.54, 1.807) is 24.0 Å². The predicted octanol–water partition coefficient (Wildman–Crippen LogP) is 2.21. The number of rotatable bonds is 5. The minimum absolute atomic E-state index is 0.0374. The lowest BCUT2D eigenvalue weighted by Crippen LogP contribution is -2.32. The van der Waals surface area contributed by atoms with E-state index < -0.39 is 0 Å². The summed E-state index contributed by atoms with van der Waals surface area (Å²) < 4.78 is 0. The number of nitrogen functional groups attached to an aromatic ring is 1. The van der Waals surface area contributed by atoms with Crippen LogP contribution in [0.5, 0.6) is 0 Å². The van der Waals surface area contributed by atoms with Gasteiger partial charge in [-0.3, -0.25) is 5.41 Å². The largest absolute Gasteiger partial charge is 0.384 e. The van der Waals surface area contributed by atoms with E-state index in [1.807, 2.05) is 11.9 Å². The maximum atomic E-state index is 7.45. The first-order chi connectivity index (χ1) is 7.99. The van der Waals surface area contributed by atoms with E-state index >= 15 is 0 Å². The van der Waals surface area contributed by atoms with Crippen molar-refractivity contribution in [2.75, 3.05) is 24.0 Å². The van der Waals surface area contributed by atoms with Gasteiger partial charge in [0.1, 0.15) is 11.7 Å². The molecule has 1 aromatic heterocycles. The Balaban J connectivity index is 3.06. The lowest BCUT2D eigenvalue weighted by molar-refractivity contribution is 0.753. The molecule has 0 aliphatic carbocycles. The van der Waals surface area contributed by atoms with Gasteiger partial charge >= 0.3 is 0 Å². The van der Waals surface area contributed by atoms with Gasteiger partial charge in [0.2, 0.25) is 0 Å². The third-order valence-corrected chi connectivity index (χ3v) is 3.75. The predicted molar refractivity (Wildman–Crippen MR) is 76.5 cm³/mol. The molecule has 1 aromatic rings. The minimum atomic E-state index is -0.0374. The molecule has 3 N–H and O–H groups in total. The molecule has 17 heavy (non-hydrogen) atoms. The number of nitrogens with zero attached hydrogens (tertiary/aromatic N) is 2. The third kappa shape index (κ3) is 3.26. The number of halogens is 1. The molecular weight excluding hydrogens is 256 g/mol. The van der Waals surface area contributed by atoms with Crippen LogP contribution in [0.25, 0.3) is 0 Å². The highest BCUT2D eigenvalue weighted by Gasteiger charge is 2.17. The second-order valence-corrected chi connectivity index (χ2v) is 5.11.